The molecule has 3 rings (SSSR count). The highest BCUT2D eigenvalue weighted by Crippen LogP contribution is 2.40. The summed E-state index contributed by atoms with van der Waals surface area (Å²) in [6, 6.07) is 6.24. The average molecular weight is 494 g/mol. The minimum atomic E-state index is -1.76. The molecular weight excluding hydrogens is 468 g/mol. The minimum absolute atomic E-state index is 0.000593. The van der Waals surface area contributed by atoms with E-state index in [1.807, 2.05) is 0 Å². The minimum Gasteiger partial charge on any atom is -0.504 e. The molecule has 1 fully saturated rings. The highest BCUT2D eigenvalue weighted by Gasteiger charge is 2.45. The van der Waals surface area contributed by atoms with Crippen molar-refractivity contribution in [2.75, 3.05) is 27.9 Å². The molecular formula is C23H26O12. The number of methoxy groups -OCH3 is 3. The van der Waals surface area contributed by atoms with Crippen molar-refractivity contribution in [1.29, 1.82) is 0 Å². The number of carbonyl (C=O) groups is 2. The molecule has 1 saturated heterocycles. The summed E-state index contributed by atoms with van der Waals surface area (Å²) in [6.45, 7) is -0.689. The van der Waals surface area contributed by atoms with E-state index in [-0.39, 0.29) is 28.4 Å². The Morgan fingerprint density at radius 1 is 0.829 bits per heavy atom. The van der Waals surface area contributed by atoms with E-state index in [1.54, 1.807) is 0 Å². The number of ketones is 2. The third kappa shape index (κ3) is 5.16. The maximum atomic E-state index is 12.9. The van der Waals surface area contributed by atoms with Crippen LogP contribution in [0.5, 0.6) is 28.7 Å². The standard InChI is InChI=1S/C23H26O12/c1-31-13-5-4-10(7-14(13)32-2)17(26)18(27)11-6-12(25)22(33-3)15(8-11)34-23-21(30)20(29)19(28)16(9-24)35-23/h4-8,16,19-21,23-25,28-30H,9H2,1-3H3/t16-,19-,20+,21-,23-/m1/s1. The summed E-state index contributed by atoms with van der Waals surface area (Å²) in [5.41, 5.74) is -0.276. The predicted octanol–water partition coefficient (Wildman–Crippen LogP) is -0.338. The second kappa shape index (κ2) is 10.9. The highest BCUT2D eigenvalue weighted by atomic mass is 16.7. The van der Waals surface area contributed by atoms with Crippen LogP contribution in [-0.2, 0) is 4.74 Å². The van der Waals surface area contributed by atoms with Gasteiger partial charge in [0, 0.05) is 11.1 Å². The first-order valence-corrected chi connectivity index (χ1v) is 10.4. The number of aromatic hydroxyl groups is 1. The zero-order chi connectivity index (χ0) is 25.9. The van der Waals surface area contributed by atoms with Gasteiger partial charge in [-0.15, -0.1) is 0 Å². The fraction of sp³-hybridized carbons (Fsp3) is 0.391. The molecule has 1 aliphatic rings. The summed E-state index contributed by atoms with van der Waals surface area (Å²) in [6.07, 6.45) is -7.97. The van der Waals surface area contributed by atoms with Gasteiger partial charge in [0.1, 0.15) is 24.4 Å². The second-order valence-corrected chi connectivity index (χ2v) is 7.57. The Kier molecular flexibility index (Phi) is 8.14. The summed E-state index contributed by atoms with van der Waals surface area (Å²) in [7, 11) is 3.99. The number of aliphatic hydroxyl groups is 4. The van der Waals surface area contributed by atoms with Gasteiger partial charge in [-0.05, 0) is 30.3 Å². The molecule has 0 aliphatic carbocycles. The Balaban J connectivity index is 1.93. The first kappa shape index (κ1) is 26.2. The number of Topliss-reactive ketones (excluding diaryl/α,β-unsaturated/α-hetero) is 2. The van der Waals surface area contributed by atoms with E-state index >= 15 is 0 Å². The lowest BCUT2D eigenvalue weighted by molar-refractivity contribution is -0.277. The van der Waals surface area contributed by atoms with E-state index in [9.17, 15) is 35.1 Å². The molecule has 2 aromatic carbocycles. The fourth-order valence-electron chi connectivity index (χ4n) is 3.54. The molecule has 12 nitrogen and oxygen atoms in total. The fourth-order valence-corrected chi connectivity index (χ4v) is 3.54. The first-order valence-electron chi connectivity index (χ1n) is 10.4. The van der Waals surface area contributed by atoms with Crippen molar-refractivity contribution in [2.45, 2.75) is 30.7 Å². The maximum absolute atomic E-state index is 12.9. The van der Waals surface area contributed by atoms with E-state index < -0.39 is 54.6 Å². The Morgan fingerprint density at radius 3 is 2.06 bits per heavy atom. The number of aliphatic hydroxyl groups excluding tert-OH is 4. The van der Waals surface area contributed by atoms with E-state index in [0.717, 1.165) is 12.1 Å². The average Bonchev–Trinajstić information content (AvgIpc) is 2.87. The van der Waals surface area contributed by atoms with Gasteiger partial charge in [-0.3, -0.25) is 9.59 Å². The zero-order valence-corrected chi connectivity index (χ0v) is 19.1. The van der Waals surface area contributed by atoms with E-state index in [2.05, 4.69) is 0 Å². The van der Waals surface area contributed by atoms with Crippen molar-refractivity contribution >= 4 is 11.6 Å². The van der Waals surface area contributed by atoms with Crippen LogP contribution in [0.15, 0.2) is 30.3 Å². The van der Waals surface area contributed by atoms with Crippen molar-refractivity contribution in [3.05, 3.63) is 41.5 Å². The number of phenolic OH excluding ortho intramolecular Hbond substituents is 1. The normalized spacial score (nSPS) is 23.9. The summed E-state index contributed by atoms with van der Waals surface area (Å²) in [5.74, 6) is -2.46. The van der Waals surface area contributed by atoms with Crippen LogP contribution < -0.4 is 18.9 Å². The van der Waals surface area contributed by atoms with Crippen LogP contribution in [0.3, 0.4) is 0 Å². The van der Waals surface area contributed by atoms with Gasteiger partial charge in [-0.2, -0.15) is 0 Å². The molecule has 5 N–H and O–H groups in total. The summed E-state index contributed by atoms with van der Waals surface area (Å²) in [5, 5.41) is 49.9. The van der Waals surface area contributed by atoms with Gasteiger partial charge in [0.05, 0.1) is 27.9 Å². The van der Waals surface area contributed by atoms with Crippen molar-refractivity contribution in [3.63, 3.8) is 0 Å². The van der Waals surface area contributed by atoms with E-state index in [0.29, 0.717) is 5.75 Å². The van der Waals surface area contributed by atoms with Crippen molar-refractivity contribution in [3.8, 4) is 28.7 Å². The third-order valence-corrected chi connectivity index (χ3v) is 5.45. The van der Waals surface area contributed by atoms with Crippen molar-refractivity contribution in [1.82, 2.24) is 0 Å². The molecule has 1 aliphatic heterocycles. The monoisotopic (exact) mass is 494 g/mol. The smallest absolute Gasteiger partial charge is 0.233 e. The quantitative estimate of drug-likeness (QED) is 0.226. The topological polar surface area (TPSA) is 181 Å². The molecule has 0 saturated carbocycles. The van der Waals surface area contributed by atoms with Crippen LogP contribution in [0, 0.1) is 0 Å². The number of phenols is 1. The molecule has 12 heteroatoms. The van der Waals surface area contributed by atoms with Gasteiger partial charge in [0.2, 0.25) is 23.6 Å². The molecule has 0 bridgehead atoms. The predicted molar refractivity (Wildman–Crippen MR) is 117 cm³/mol. The SMILES string of the molecule is COc1ccc(C(=O)C(=O)c2cc(O)c(OC)c(O[C@@H]3O[C@H](CO)[C@@H](O)[C@H](O)[C@H]3O)c2)cc1OC. The van der Waals surface area contributed by atoms with Crippen molar-refractivity contribution < 1.29 is 58.8 Å². The maximum Gasteiger partial charge on any atom is 0.233 e. The largest absolute Gasteiger partial charge is 0.504 e. The van der Waals surface area contributed by atoms with Crippen LogP contribution >= 0.6 is 0 Å². The van der Waals surface area contributed by atoms with E-state index in [1.165, 1.54) is 39.5 Å². The van der Waals surface area contributed by atoms with Gasteiger partial charge in [-0.1, -0.05) is 0 Å². The molecule has 0 amide bonds. The van der Waals surface area contributed by atoms with Crippen LogP contribution in [0.2, 0.25) is 0 Å². The molecule has 0 unspecified atom stereocenters. The number of hydrogen-bond donors (Lipinski definition) is 5. The molecule has 5 atom stereocenters. The van der Waals surface area contributed by atoms with E-state index in [4.69, 9.17) is 23.7 Å². The lowest BCUT2D eigenvalue weighted by atomic mass is 9.99. The third-order valence-electron chi connectivity index (χ3n) is 5.45. The number of hydrogen-bond acceptors (Lipinski definition) is 12. The van der Waals surface area contributed by atoms with Gasteiger partial charge in [0.15, 0.2) is 23.0 Å². The number of ether oxygens (including phenoxy) is 5. The van der Waals surface area contributed by atoms with Crippen LogP contribution in [0.25, 0.3) is 0 Å². The number of rotatable bonds is 9. The lowest BCUT2D eigenvalue weighted by Gasteiger charge is -2.39. The van der Waals surface area contributed by atoms with Crippen LogP contribution in [0.1, 0.15) is 20.7 Å². The van der Waals surface area contributed by atoms with Gasteiger partial charge < -0.3 is 49.2 Å². The van der Waals surface area contributed by atoms with Crippen molar-refractivity contribution in [2.24, 2.45) is 0 Å². The Labute approximate surface area is 199 Å². The molecule has 190 valence electrons. The number of carbonyl (C=O) groups excluding carboxylic acids is 2. The zero-order valence-electron chi connectivity index (χ0n) is 19.1. The van der Waals surface area contributed by atoms with Crippen LogP contribution in [-0.4, -0.2) is 95.7 Å². The number of benzene rings is 2. The van der Waals surface area contributed by atoms with Gasteiger partial charge in [0.25, 0.3) is 0 Å². The lowest BCUT2D eigenvalue weighted by Crippen LogP contribution is -2.60. The molecule has 0 aromatic heterocycles. The highest BCUT2D eigenvalue weighted by molar-refractivity contribution is 6.49. The first-order chi connectivity index (χ1) is 16.7. The molecule has 1 heterocycles. The molecule has 0 radical (unpaired) electrons. The Morgan fingerprint density at radius 2 is 1.46 bits per heavy atom. The summed E-state index contributed by atoms with van der Waals surface area (Å²) >= 11 is 0. The summed E-state index contributed by atoms with van der Waals surface area (Å²) in [4.78, 5) is 25.8. The molecule has 0 spiro atoms. The van der Waals surface area contributed by atoms with Gasteiger partial charge in [-0.25, -0.2) is 0 Å². The van der Waals surface area contributed by atoms with Gasteiger partial charge >= 0.3 is 0 Å². The Bertz CT molecular complexity index is 1080. The molecule has 2 aromatic rings. The molecule has 35 heavy (non-hydrogen) atoms. The second-order valence-electron chi connectivity index (χ2n) is 7.57. The van der Waals surface area contributed by atoms with Crippen LogP contribution in [0.4, 0.5) is 0 Å². The Hall–Kier alpha value is -3.42. The summed E-state index contributed by atoms with van der Waals surface area (Å²) < 4.78 is 26.2.